The number of rotatable bonds is 11. The van der Waals surface area contributed by atoms with Crippen LogP contribution in [0.3, 0.4) is 0 Å². The molecule has 1 fully saturated rings. The fourth-order valence-electron chi connectivity index (χ4n) is 5.41. The molecule has 0 bridgehead atoms. The maximum atomic E-state index is 12.9. The number of nitrogens with two attached hydrogens (primary N) is 1. The lowest BCUT2D eigenvalue weighted by Gasteiger charge is -2.31. The van der Waals surface area contributed by atoms with E-state index in [0.717, 1.165) is 22.4 Å². The zero-order valence-corrected chi connectivity index (χ0v) is 23.3. The Morgan fingerprint density at radius 3 is 2.83 bits per heavy atom. The second-order valence-corrected chi connectivity index (χ2v) is 10.8. The van der Waals surface area contributed by atoms with Crippen molar-refractivity contribution < 1.29 is 28.8 Å². The van der Waals surface area contributed by atoms with Crippen molar-refractivity contribution in [1.82, 2.24) is 15.3 Å². The predicted molar refractivity (Wildman–Crippen MR) is 153 cm³/mol. The van der Waals surface area contributed by atoms with E-state index in [1.165, 1.54) is 0 Å². The minimum absolute atomic E-state index is 0.150. The zero-order valence-electron chi connectivity index (χ0n) is 23.3. The Kier molecular flexibility index (Phi) is 9.35. The summed E-state index contributed by atoms with van der Waals surface area (Å²) in [6, 6.07) is 10.8. The van der Waals surface area contributed by atoms with Crippen molar-refractivity contribution in [3.63, 3.8) is 0 Å². The van der Waals surface area contributed by atoms with Crippen molar-refractivity contribution in [1.29, 1.82) is 0 Å². The van der Waals surface area contributed by atoms with Crippen LogP contribution in [-0.4, -0.2) is 72.5 Å². The van der Waals surface area contributed by atoms with Gasteiger partial charge in [-0.25, -0.2) is 9.80 Å². The number of aromatic nitrogens is 1. The number of allylic oxidation sites excluding steroid dienone is 3. The largest absolute Gasteiger partial charge is 0.497 e. The van der Waals surface area contributed by atoms with E-state index in [1.807, 2.05) is 48.7 Å². The van der Waals surface area contributed by atoms with Gasteiger partial charge < -0.3 is 29.4 Å². The number of methoxy groups -OCH3 is 1. The summed E-state index contributed by atoms with van der Waals surface area (Å²) in [7, 11) is 1.61. The molecule has 1 aliphatic carbocycles. The highest BCUT2D eigenvalue weighted by Crippen LogP contribution is 2.31. The van der Waals surface area contributed by atoms with Crippen LogP contribution >= 0.6 is 0 Å². The molecule has 5 rings (SSSR count). The van der Waals surface area contributed by atoms with Crippen LogP contribution in [0.2, 0.25) is 0 Å². The van der Waals surface area contributed by atoms with E-state index in [-0.39, 0.29) is 30.9 Å². The molecule has 3 heterocycles. The van der Waals surface area contributed by atoms with Crippen molar-refractivity contribution in [2.75, 3.05) is 26.8 Å². The summed E-state index contributed by atoms with van der Waals surface area (Å²) in [5, 5.41) is 15.8. The molecule has 1 aromatic carbocycles. The molecule has 3 unspecified atom stereocenters. The van der Waals surface area contributed by atoms with Gasteiger partial charge in [-0.15, -0.1) is 0 Å². The fourth-order valence-corrected chi connectivity index (χ4v) is 5.41. The molecule has 0 spiro atoms. The maximum Gasteiger partial charge on any atom is 0.407 e. The minimum atomic E-state index is -0.957. The second-order valence-electron chi connectivity index (χ2n) is 10.8. The van der Waals surface area contributed by atoms with Crippen molar-refractivity contribution in [2.45, 2.75) is 37.9 Å². The summed E-state index contributed by atoms with van der Waals surface area (Å²) < 4.78 is 21.8. The Hall–Kier alpha value is -3.70. The summed E-state index contributed by atoms with van der Waals surface area (Å²) in [5.74, 6) is 7.40. The van der Waals surface area contributed by atoms with Crippen LogP contribution in [0.15, 0.2) is 79.4 Å². The number of amides is 1. The van der Waals surface area contributed by atoms with E-state index in [1.54, 1.807) is 24.6 Å². The van der Waals surface area contributed by atoms with Gasteiger partial charge in [-0.3, -0.25) is 10.8 Å². The zero-order chi connectivity index (χ0) is 28.8. The Balaban J connectivity index is 1.20. The Labute approximate surface area is 240 Å². The number of hydrogen-bond acceptors (Lipinski definition) is 9. The Bertz CT molecular complexity index is 1250. The maximum absolute atomic E-state index is 12.9. The lowest BCUT2D eigenvalue weighted by molar-refractivity contribution is -0.0690. The van der Waals surface area contributed by atoms with E-state index in [2.05, 4.69) is 35.5 Å². The van der Waals surface area contributed by atoms with Crippen LogP contribution in [0, 0.1) is 17.8 Å². The number of fused-ring (bicyclic) bond motifs is 1. The molecule has 3 aliphatic rings. The molecule has 41 heavy (non-hydrogen) atoms. The van der Waals surface area contributed by atoms with Gasteiger partial charge in [0.15, 0.2) is 0 Å². The first kappa shape index (κ1) is 28.8. The highest BCUT2D eigenvalue weighted by molar-refractivity contribution is 5.74. The van der Waals surface area contributed by atoms with Crippen LogP contribution in [0.1, 0.15) is 18.1 Å². The SMILES string of the molecule is COc1ccc(CC(NC(=O)O[C@H]2CO[C@H]3OC=C[C@H]32)[C@@H](O)CN(N)CC2C=CC(c3cccnc3)=CC2C)cc1. The van der Waals surface area contributed by atoms with Crippen LogP contribution in [0.5, 0.6) is 5.75 Å². The number of nitrogens with zero attached hydrogens (tertiary/aromatic N) is 2. The third kappa shape index (κ3) is 7.34. The smallest absolute Gasteiger partial charge is 0.407 e. The summed E-state index contributed by atoms with van der Waals surface area (Å²) in [4.78, 5) is 17.1. The molecule has 0 radical (unpaired) electrons. The average molecular weight is 563 g/mol. The summed E-state index contributed by atoms with van der Waals surface area (Å²) in [6.45, 7) is 3.10. The Morgan fingerprint density at radius 1 is 1.27 bits per heavy atom. The summed E-state index contributed by atoms with van der Waals surface area (Å²) in [5.41, 5.74) is 3.13. The number of alkyl carbamates (subject to hydrolysis) is 1. The number of carbonyl (C=O) groups excluding carboxylic acids is 1. The van der Waals surface area contributed by atoms with Crippen LogP contribution in [-0.2, 0) is 20.6 Å². The predicted octanol–water partition coefficient (Wildman–Crippen LogP) is 3.05. The van der Waals surface area contributed by atoms with Gasteiger partial charge >= 0.3 is 6.09 Å². The van der Waals surface area contributed by atoms with E-state index < -0.39 is 30.6 Å². The number of ether oxygens (including phenoxy) is 4. The molecule has 0 saturated carbocycles. The molecular formula is C31H38N4O6. The molecular weight excluding hydrogens is 524 g/mol. The Morgan fingerprint density at radius 2 is 2.10 bits per heavy atom. The molecule has 218 valence electrons. The molecule has 1 amide bonds. The normalized spacial score (nSPS) is 26.2. The van der Waals surface area contributed by atoms with Gasteiger partial charge in [-0.1, -0.05) is 43.4 Å². The molecule has 2 aromatic rings. The highest BCUT2D eigenvalue weighted by Gasteiger charge is 2.42. The molecule has 1 aromatic heterocycles. The van der Waals surface area contributed by atoms with E-state index in [0.29, 0.717) is 13.0 Å². The van der Waals surface area contributed by atoms with E-state index >= 15 is 0 Å². The monoisotopic (exact) mass is 562 g/mol. The highest BCUT2D eigenvalue weighted by atomic mass is 16.7. The van der Waals surface area contributed by atoms with E-state index in [9.17, 15) is 9.90 Å². The standard InChI is InChI=1S/C31H38N4O6/c1-20-14-22(23-4-3-12-33-16-23)7-8-24(20)17-35(32)18-28(36)27(15-21-5-9-25(38-2)10-6-21)34-31(37)41-29-19-40-30-26(29)11-13-39-30/h3-14,16,20,24,26-30,36H,15,17-19,32H2,1-2H3,(H,34,37)/t20?,24?,26-,27?,28-,29-,30+/m0/s1. The number of nitrogens with one attached hydrogen (secondary N) is 1. The molecule has 10 heteroatoms. The fraction of sp³-hybridized carbons (Fsp3) is 0.419. The van der Waals surface area contributed by atoms with Crippen molar-refractivity contribution in [3.05, 3.63) is 90.5 Å². The third-order valence-electron chi connectivity index (χ3n) is 7.83. The lowest BCUT2D eigenvalue weighted by Crippen LogP contribution is -2.52. The minimum Gasteiger partial charge on any atom is -0.497 e. The number of benzene rings is 1. The third-order valence-corrected chi connectivity index (χ3v) is 7.83. The first-order valence-electron chi connectivity index (χ1n) is 13.9. The van der Waals surface area contributed by atoms with Gasteiger partial charge in [-0.2, -0.15) is 0 Å². The molecule has 1 saturated heterocycles. The van der Waals surface area contributed by atoms with Gasteiger partial charge in [0.2, 0.25) is 6.29 Å². The van der Waals surface area contributed by atoms with Gasteiger partial charge in [0.05, 0.1) is 38.0 Å². The second kappa shape index (κ2) is 13.3. The first-order valence-corrected chi connectivity index (χ1v) is 13.9. The van der Waals surface area contributed by atoms with Gasteiger partial charge in [0.25, 0.3) is 0 Å². The average Bonchev–Trinajstić information content (AvgIpc) is 3.60. The molecule has 4 N–H and O–H groups in total. The lowest BCUT2D eigenvalue weighted by atomic mass is 9.85. The number of carbonyl (C=O) groups is 1. The topological polar surface area (TPSA) is 128 Å². The van der Waals surface area contributed by atoms with Gasteiger partial charge in [0, 0.05) is 25.5 Å². The number of aliphatic hydroxyl groups is 1. The number of hydrogen-bond donors (Lipinski definition) is 3. The van der Waals surface area contributed by atoms with Gasteiger partial charge in [0.1, 0.15) is 11.9 Å². The van der Waals surface area contributed by atoms with Crippen molar-refractivity contribution >= 4 is 11.7 Å². The first-order chi connectivity index (χ1) is 19.9. The van der Waals surface area contributed by atoms with Crippen LogP contribution in [0.4, 0.5) is 4.79 Å². The number of aliphatic hydroxyl groups excluding tert-OH is 1. The molecule has 7 atom stereocenters. The number of pyridine rings is 1. The van der Waals surface area contributed by atoms with Crippen molar-refractivity contribution in [2.24, 2.45) is 23.6 Å². The van der Waals surface area contributed by atoms with E-state index in [4.69, 9.17) is 24.8 Å². The van der Waals surface area contributed by atoms with Crippen molar-refractivity contribution in [3.8, 4) is 5.75 Å². The number of hydrazine groups is 1. The quantitative estimate of drug-likeness (QED) is 0.280. The summed E-state index contributed by atoms with van der Waals surface area (Å²) >= 11 is 0. The van der Waals surface area contributed by atoms with Crippen LogP contribution in [0.25, 0.3) is 5.57 Å². The molecule has 10 nitrogen and oxygen atoms in total. The molecule has 2 aliphatic heterocycles. The van der Waals surface area contributed by atoms with Crippen LogP contribution < -0.4 is 15.9 Å². The summed E-state index contributed by atoms with van der Waals surface area (Å²) in [6.07, 6.45) is 11.4. The van der Waals surface area contributed by atoms with Gasteiger partial charge in [-0.05, 0) is 59.2 Å².